The van der Waals surface area contributed by atoms with Crippen LogP contribution in [0.25, 0.3) is 0 Å². The summed E-state index contributed by atoms with van der Waals surface area (Å²) in [5, 5.41) is 3.04. The third-order valence-corrected chi connectivity index (χ3v) is 4.21. The third kappa shape index (κ3) is 3.83. The van der Waals surface area contributed by atoms with Gasteiger partial charge in [0.15, 0.2) is 0 Å². The molecule has 1 aliphatic rings. The monoisotopic (exact) mass is 314 g/mol. The number of aromatic nitrogens is 2. The van der Waals surface area contributed by atoms with Gasteiger partial charge in [-0.2, -0.15) is 0 Å². The maximum Gasteiger partial charge on any atom is 0.270 e. The lowest BCUT2D eigenvalue weighted by atomic mass is 10.0. The fourth-order valence-corrected chi connectivity index (χ4v) is 2.99. The van der Waals surface area contributed by atoms with Crippen molar-refractivity contribution in [2.45, 2.75) is 31.7 Å². The van der Waals surface area contributed by atoms with E-state index in [0.29, 0.717) is 17.9 Å². The van der Waals surface area contributed by atoms with Crippen molar-refractivity contribution in [3.63, 3.8) is 0 Å². The molecule has 1 fully saturated rings. The molecule has 0 aliphatic carbocycles. The predicted octanol–water partition coefficient (Wildman–Crippen LogP) is 2.16. The van der Waals surface area contributed by atoms with Crippen LogP contribution in [0.15, 0.2) is 36.7 Å². The fraction of sp³-hybridized carbons (Fsp3) is 0.412. The molecule has 0 saturated carbocycles. The van der Waals surface area contributed by atoms with E-state index in [1.165, 1.54) is 0 Å². The minimum atomic E-state index is -0.118. The van der Waals surface area contributed by atoms with E-state index in [1.807, 2.05) is 11.0 Å². The van der Waals surface area contributed by atoms with Gasteiger partial charge in [-0.05, 0) is 37.1 Å². The van der Waals surface area contributed by atoms with E-state index in [4.69, 9.17) is 0 Å². The molecule has 1 unspecified atom stereocenters. The van der Waals surface area contributed by atoms with Crippen LogP contribution in [0.4, 0.5) is 0 Å². The van der Waals surface area contributed by atoms with Gasteiger partial charge < -0.3 is 20.2 Å². The van der Waals surface area contributed by atoms with Gasteiger partial charge >= 0.3 is 0 Å². The number of nitrogens with zero attached hydrogens (tertiary/aromatic N) is 1. The Labute approximate surface area is 135 Å². The first kappa shape index (κ1) is 15.4. The SMILES string of the molecule is O=C(NC1CCCCCN(C(=O)c2ccc[nH]2)C1)c1ccc[nH]1. The van der Waals surface area contributed by atoms with Crippen LogP contribution >= 0.6 is 0 Å². The molecule has 1 atom stereocenters. The highest BCUT2D eigenvalue weighted by atomic mass is 16.2. The molecule has 0 bridgehead atoms. The molecule has 2 aromatic rings. The molecule has 0 spiro atoms. The Balaban J connectivity index is 1.67. The van der Waals surface area contributed by atoms with Gasteiger partial charge in [-0.3, -0.25) is 9.59 Å². The van der Waals surface area contributed by atoms with Gasteiger partial charge in [0, 0.05) is 31.5 Å². The van der Waals surface area contributed by atoms with Crippen LogP contribution in [0.5, 0.6) is 0 Å². The lowest BCUT2D eigenvalue weighted by Crippen LogP contribution is -2.47. The second kappa shape index (κ2) is 7.17. The van der Waals surface area contributed by atoms with Crippen molar-refractivity contribution in [2.75, 3.05) is 13.1 Å². The average molecular weight is 314 g/mol. The van der Waals surface area contributed by atoms with Crippen LogP contribution in [0.2, 0.25) is 0 Å². The van der Waals surface area contributed by atoms with E-state index >= 15 is 0 Å². The normalized spacial score (nSPS) is 19.0. The Morgan fingerprint density at radius 1 is 1.04 bits per heavy atom. The Morgan fingerprint density at radius 3 is 2.48 bits per heavy atom. The van der Waals surface area contributed by atoms with E-state index in [0.717, 1.165) is 32.2 Å². The van der Waals surface area contributed by atoms with Crippen molar-refractivity contribution in [1.82, 2.24) is 20.2 Å². The zero-order valence-electron chi connectivity index (χ0n) is 13.0. The highest BCUT2D eigenvalue weighted by molar-refractivity contribution is 5.93. The van der Waals surface area contributed by atoms with Gasteiger partial charge in [0.2, 0.25) is 0 Å². The number of carbonyl (C=O) groups is 2. The molecule has 23 heavy (non-hydrogen) atoms. The second-order valence-electron chi connectivity index (χ2n) is 5.94. The van der Waals surface area contributed by atoms with Crippen molar-refractivity contribution in [3.05, 3.63) is 48.0 Å². The number of aromatic amines is 2. The highest BCUT2D eigenvalue weighted by Crippen LogP contribution is 2.14. The lowest BCUT2D eigenvalue weighted by Gasteiger charge is -2.30. The van der Waals surface area contributed by atoms with Crippen molar-refractivity contribution in [3.8, 4) is 0 Å². The van der Waals surface area contributed by atoms with Gasteiger partial charge in [-0.15, -0.1) is 0 Å². The molecular formula is C17H22N4O2. The molecular weight excluding hydrogens is 292 g/mol. The quantitative estimate of drug-likeness (QED) is 0.811. The van der Waals surface area contributed by atoms with Crippen molar-refractivity contribution in [1.29, 1.82) is 0 Å². The van der Waals surface area contributed by atoms with Crippen LogP contribution in [0, 0.1) is 0 Å². The van der Waals surface area contributed by atoms with E-state index < -0.39 is 0 Å². The van der Waals surface area contributed by atoms with Crippen LogP contribution in [0.3, 0.4) is 0 Å². The Morgan fingerprint density at radius 2 is 1.78 bits per heavy atom. The van der Waals surface area contributed by atoms with Gasteiger partial charge in [-0.1, -0.05) is 12.8 Å². The van der Waals surface area contributed by atoms with Crippen molar-refractivity contribution >= 4 is 11.8 Å². The molecule has 2 amide bonds. The zero-order valence-corrected chi connectivity index (χ0v) is 13.0. The summed E-state index contributed by atoms with van der Waals surface area (Å²) >= 11 is 0. The van der Waals surface area contributed by atoms with Crippen LogP contribution in [0.1, 0.15) is 46.7 Å². The summed E-state index contributed by atoms with van der Waals surface area (Å²) in [7, 11) is 0. The molecule has 2 aromatic heterocycles. The van der Waals surface area contributed by atoms with Crippen LogP contribution in [-0.2, 0) is 0 Å². The maximum atomic E-state index is 12.6. The summed E-state index contributed by atoms with van der Waals surface area (Å²) in [5.41, 5.74) is 1.15. The summed E-state index contributed by atoms with van der Waals surface area (Å²) < 4.78 is 0. The van der Waals surface area contributed by atoms with Crippen molar-refractivity contribution in [2.24, 2.45) is 0 Å². The van der Waals surface area contributed by atoms with Crippen molar-refractivity contribution < 1.29 is 9.59 Å². The van der Waals surface area contributed by atoms with Crippen LogP contribution in [-0.4, -0.2) is 45.8 Å². The standard InChI is InChI=1S/C17H22N4O2/c22-16(14-7-4-9-18-14)20-13-6-2-1-3-11-21(12-13)17(23)15-8-5-10-19-15/h4-5,7-10,13,18-19H,1-3,6,11-12H2,(H,20,22). The third-order valence-electron chi connectivity index (χ3n) is 4.21. The molecule has 1 saturated heterocycles. The van der Waals surface area contributed by atoms with Gasteiger partial charge in [0.1, 0.15) is 11.4 Å². The van der Waals surface area contributed by atoms with E-state index in [1.54, 1.807) is 30.6 Å². The molecule has 3 rings (SSSR count). The number of hydrogen-bond donors (Lipinski definition) is 3. The molecule has 6 heteroatoms. The molecule has 1 aliphatic heterocycles. The number of H-pyrrole nitrogens is 2. The first-order chi connectivity index (χ1) is 11.2. The van der Waals surface area contributed by atoms with E-state index in [9.17, 15) is 9.59 Å². The molecule has 6 nitrogen and oxygen atoms in total. The second-order valence-corrected chi connectivity index (χ2v) is 5.94. The predicted molar refractivity (Wildman–Crippen MR) is 87.2 cm³/mol. The lowest BCUT2D eigenvalue weighted by molar-refractivity contribution is 0.0701. The van der Waals surface area contributed by atoms with Gasteiger partial charge in [-0.25, -0.2) is 0 Å². The maximum absolute atomic E-state index is 12.6. The average Bonchev–Trinajstić information content (AvgIpc) is 3.22. The summed E-state index contributed by atoms with van der Waals surface area (Å²) in [6, 6.07) is 7.13. The first-order valence-corrected chi connectivity index (χ1v) is 8.11. The summed E-state index contributed by atoms with van der Waals surface area (Å²) in [4.78, 5) is 32.5. The summed E-state index contributed by atoms with van der Waals surface area (Å²) in [5.74, 6) is -0.121. The summed E-state index contributed by atoms with van der Waals surface area (Å²) in [6.45, 7) is 1.27. The van der Waals surface area contributed by atoms with E-state index in [-0.39, 0.29) is 17.9 Å². The number of nitrogens with one attached hydrogen (secondary N) is 3. The Bertz CT molecular complexity index is 634. The summed E-state index contributed by atoms with van der Waals surface area (Å²) in [6.07, 6.45) is 7.52. The molecule has 122 valence electrons. The number of carbonyl (C=O) groups excluding carboxylic acids is 2. The Kier molecular flexibility index (Phi) is 4.80. The molecule has 3 N–H and O–H groups in total. The van der Waals surface area contributed by atoms with Crippen LogP contribution < -0.4 is 5.32 Å². The largest absolute Gasteiger partial charge is 0.357 e. The minimum Gasteiger partial charge on any atom is -0.357 e. The minimum absolute atomic E-state index is 0.00368. The first-order valence-electron chi connectivity index (χ1n) is 8.11. The number of amides is 2. The van der Waals surface area contributed by atoms with E-state index in [2.05, 4.69) is 15.3 Å². The van der Waals surface area contributed by atoms with Gasteiger partial charge in [0.05, 0.1) is 0 Å². The molecule has 0 radical (unpaired) electrons. The fourth-order valence-electron chi connectivity index (χ4n) is 2.99. The number of likely N-dealkylation sites (tertiary alicyclic amines) is 1. The molecule has 0 aromatic carbocycles. The topological polar surface area (TPSA) is 81.0 Å². The van der Waals surface area contributed by atoms with Gasteiger partial charge in [0.25, 0.3) is 11.8 Å². The smallest absolute Gasteiger partial charge is 0.270 e. The number of rotatable bonds is 3. The Hall–Kier alpha value is -2.50. The molecule has 3 heterocycles. The highest BCUT2D eigenvalue weighted by Gasteiger charge is 2.24. The zero-order chi connectivity index (χ0) is 16.1. The number of hydrogen-bond acceptors (Lipinski definition) is 2.